The Morgan fingerprint density at radius 1 is 1.10 bits per heavy atom. The molecule has 4 rings (SSSR count). The molecule has 3 heterocycles. The molecule has 166 valence electrons. The van der Waals surface area contributed by atoms with Gasteiger partial charge in [0.25, 0.3) is 0 Å². The van der Waals surface area contributed by atoms with Crippen molar-refractivity contribution in [3.05, 3.63) is 36.0 Å². The monoisotopic (exact) mass is 440 g/mol. The highest BCUT2D eigenvalue weighted by molar-refractivity contribution is 7.21. The van der Waals surface area contributed by atoms with E-state index in [1.807, 2.05) is 12.1 Å². The summed E-state index contributed by atoms with van der Waals surface area (Å²) in [6.07, 6.45) is 5.22. The van der Waals surface area contributed by atoms with Gasteiger partial charge in [0.2, 0.25) is 0 Å². The minimum atomic E-state index is -0.163. The lowest BCUT2D eigenvalue weighted by atomic mass is 9.93. The molecule has 0 amide bonds. The van der Waals surface area contributed by atoms with Crippen LogP contribution in [0.4, 0.5) is 16.8 Å². The van der Waals surface area contributed by atoms with Crippen molar-refractivity contribution in [2.45, 2.75) is 65.1 Å². The maximum atomic E-state index is 9.80. The van der Waals surface area contributed by atoms with Crippen LogP contribution in [-0.2, 0) is 6.54 Å². The van der Waals surface area contributed by atoms with Crippen molar-refractivity contribution in [2.24, 2.45) is 5.41 Å². The molecule has 8 heteroatoms. The first kappa shape index (κ1) is 21.9. The maximum Gasteiger partial charge on any atom is 0.190 e. The molecule has 0 atom stereocenters. The number of pyridine rings is 2. The van der Waals surface area contributed by atoms with Crippen molar-refractivity contribution in [3.63, 3.8) is 0 Å². The summed E-state index contributed by atoms with van der Waals surface area (Å²) in [5.41, 5.74) is 2.28. The number of anilines is 3. The van der Waals surface area contributed by atoms with Gasteiger partial charge in [0.05, 0.1) is 6.10 Å². The van der Waals surface area contributed by atoms with Gasteiger partial charge in [0, 0.05) is 25.3 Å². The third kappa shape index (κ3) is 6.35. The van der Waals surface area contributed by atoms with E-state index in [1.165, 1.54) is 16.9 Å². The molecule has 0 radical (unpaired) electrons. The predicted molar refractivity (Wildman–Crippen MR) is 128 cm³/mol. The van der Waals surface area contributed by atoms with E-state index < -0.39 is 0 Å². The fourth-order valence-electron chi connectivity index (χ4n) is 3.77. The van der Waals surface area contributed by atoms with E-state index in [2.05, 4.69) is 58.8 Å². The van der Waals surface area contributed by atoms with Gasteiger partial charge in [-0.25, -0.2) is 15.0 Å². The first-order valence-corrected chi connectivity index (χ1v) is 11.8. The molecule has 7 nitrogen and oxygen atoms in total. The fourth-order valence-corrected chi connectivity index (χ4v) is 4.59. The van der Waals surface area contributed by atoms with Crippen molar-refractivity contribution in [1.82, 2.24) is 20.3 Å². The number of fused-ring (bicyclic) bond motifs is 1. The minimum Gasteiger partial charge on any atom is -0.393 e. The van der Waals surface area contributed by atoms with E-state index >= 15 is 0 Å². The van der Waals surface area contributed by atoms with Gasteiger partial charge in [-0.1, -0.05) is 32.1 Å². The van der Waals surface area contributed by atoms with Crippen molar-refractivity contribution in [2.75, 3.05) is 17.2 Å². The number of thiazole rings is 1. The lowest BCUT2D eigenvalue weighted by Crippen LogP contribution is -2.29. The van der Waals surface area contributed by atoms with Crippen LogP contribution in [0.5, 0.6) is 0 Å². The second-order valence-electron chi connectivity index (χ2n) is 9.53. The highest BCUT2D eigenvalue weighted by atomic mass is 32.1. The topological polar surface area (TPSA) is 95.0 Å². The molecule has 31 heavy (non-hydrogen) atoms. The average Bonchev–Trinajstić information content (AvgIpc) is 3.11. The number of nitrogens with one attached hydrogen (secondary N) is 3. The Balaban J connectivity index is 1.52. The van der Waals surface area contributed by atoms with Gasteiger partial charge in [-0.3, -0.25) is 0 Å². The van der Waals surface area contributed by atoms with Gasteiger partial charge in [-0.05, 0) is 60.9 Å². The molecule has 0 unspecified atom stereocenters. The zero-order valence-corrected chi connectivity index (χ0v) is 19.3. The van der Waals surface area contributed by atoms with Crippen molar-refractivity contribution < 1.29 is 5.11 Å². The second kappa shape index (κ2) is 9.46. The molecule has 3 aromatic rings. The zero-order chi connectivity index (χ0) is 21.8. The average molecular weight is 441 g/mol. The molecule has 0 bridgehead atoms. The molecule has 0 spiro atoms. The summed E-state index contributed by atoms with van der Waals surface area (Å²) in [7, 11) is 0. The Morgan fingerprint density at radius 2 is 1.87 bits per heavy atom. The number of nitrogens with zero attached hydrogens (tertiary/aromatic N) is 3. The Bertz CT molecular complexity index is 974. The van der Waals surface area contributed by atoms with Gasteiger partial charge in [-0.2, -0.15) is 0 Å². The van der Waals surface area contributed by atoms with E-state index in [0.29, 0.717) is 6.04 Å². The summed E-state index contributed by atoms with van der Waals surface area (Å²) in [6, 6.07) is 8.40. The molecule has 1 fully saturated rings. The SMILES string of the molecule is CC(C)(C)CNCc1cc(Nc2nc3cccnc3s2)nc(NC2CCC(O)CC2)c1. The van der Waals surface area contributed by atoms with Crippen LogP contribution >= 0.6 is 11.3 Å². The Hall–Kier alpha value is -2.29. The predicted octanol–water partition coefficient (Wildman–Crippen LogP) is 4.68. The molecule has 0 aliphatic heterocycles. The normalized spacial score (nSPS) is 19.5. The third-order valence-electron chi connectivity index (χ3n) is 5.32. The van der Waals surface area contributed by atoms with Crippen LogP contribution in [0.3, 0.4) is 0 Å². The summed E-state index contributed by atoms with van der Waals surface area (Å²) in [4.78, 5) is 14.7. The van der Waals surface area contributed by atoms with E-state index in [0.717, 1.165) is 65.9 Å². The quantitative estimate of drug-likeness (QED) is 0.424. The zero-order valence-electron chi connectivity index (χ0n) is 18.5. The maximum absolute atomic E-state index is 9.80. The molecule has 0 saturated heterocycles. The highest BCUT2D eigenvalue weighted by Gasteiger charge is 2.20. The molecule has 3 aromatic heterocycles. The van der Waals surface area contributed by atoms with Crippen LogP contribution in [0.2, 0.25) is 0 Å². The third-order valence-corrected chi connectivity index (χ3v) is 6.21. The van der Waals surface area contributed by atoms with Crippen molar-refractivity contribution >= 4 is 38.5 Å². The molecule has 1 aliphatic carbocycles. The standard InChI is InChI=1S/C23H32N6OS/c1-23(2,3)14-24-13-15-11-19(26-16-6-8-17(30)9-7-16)28-20(12-15)29-22-27-18-5-4-10-25-21(18)31-22/h4-5,10-12,16-17,24,30H,6-9,13-14H2,1-3H3,(H2,26,27,28,29). The van der Waals surface area contributed by atoms with E-state index in [9.17, 15) is 5.11 Å². The van der Waals surface area contributed by atoms with Crippen LogP contribution in [0.1, 0.15) is 52.0 Å². The summed E-state index contributed by atoms with van der Waals surface area (Å²) >= 11 is 1.52. The van der Waals surface area contributed by atoms with Gasteiger partial charge in [-0.15, -0.1) is 0 Å². The molecule has 1 saturated carbocycles. The fraction of sp³-hybridized carbons (Fsp3) is 0.522. The minimum absolute atomic E-state index is 0.163. The summed E-state index contributed by atoms with van der Waals surface area (Å²) in [5.74, 6) is 1.63. The van der Waals surface area contributed by atoms with Gasteiger partial charge >= 0.3 is 0 Å². The highest BCUT2D eigenvalue weighted by Crippen LogP contribution is 2.28. The number of aliphatic hydroxyl groups excluding tert-OH is 1. The molecule has 1 aliphatic rings. The van der Waals surface area contributed by atoms with Crippen LogP contribution in [0, 0.1) is 5.41 Å². The summed E-state index contributed by atoms with van der Waals surface area (Å²) in [6.45, 7) is 8.39. The summed E-state index contributed by atoms with van der Waals surface area (Å²) in [5, 5.41) is 21.1. The molecule has 4 N–H and O–H groups in total. The lowest BCUT2D eigenvalue weighted by molar-refractivity contribution is 0.126. The Morgan fingerprint density at radius 3 is 2.61 bits per heavy atom. The molecular formula is C23H32N6OS. The lowest BCUT2D eigenvalue weighted by Gasteiger charge is -2.27. The van der Waals surface area contributed by atoms with E-state index in [1.54, 1.807) is 6.20 Å². The van der Waals surface area contributed by atoms with E-state index in [-0.39, 0.29) is 11.5 Å². The Labute approximate surface area is 187 Å². The summed E-state index contributed by atoms with van der Waals surface area (Å²) < 4.78 is 0. The van der Waals surface area contributed by atoms with Crippen LogP contribution in [0.25, 0.3) is 10.3 Å². The van der Waals surface area contributed by atoms with Gasteiger partial charge in [0.15, 0.2) is 5.13 Å². The molecular weight excluding hydrogens is 408 g/mol. The largest absolute Gasteiger partial charge is 0.393 e. The first-order chi connectivity index (χ1) is 14.8. The van der Waals surface area contributed by atoms with E-state index in [4.69, 9.17) is 4.98 Å². The van der Waals surface area contributed by atoms with Crippen LogP contribution in [-0.4, -0.2) is 38.7 Å². The number of hydrogen-bond donors (Lipinski definition) is 4. The van der Waals surface area contributed by atoms with Crippen molar-refractivity contribution in [1.29, 1.82) is 0 Å². The van der Waals surface area contributed by atoms with Crippen LogP contribution < -0.4 is 16.0 Å². The number of aromatic nitrogens is 3. The number of hydrogen-bond acceptors (Lipinski definition) is 8. The molecule has 0 aromatic carbocycles. The first-order valence-electron chi connectivity index (χ1n) is 11.0. The Kier molecular flexibility index (Phi) is 6.69. The van der Waals surface area contributed by atoms with Gasteiger partial charge < -0.3 is 21.1 Å². The second-order valence-corrected chi connectivity index (χ2v) is 10.5. The smallest absolute Gasteiger partial charge is 0.190 e. The van der Waals surface area contributed by atoms with Crippen LogP contribution in [0.15, 0.2) is 30.5 Å². The van der Waals surface area contributed by atoms with Crippen molar-refractivity contribution in [3.8, 4) is 0 Å². The van der Waals surface area contributed by atoms with Gasteiger partial charge in [0.1, 0.15) is 22.0 Å². The number of aliphatic hydroxyl groups is 1. The number of rotatable bonds is 7.